The topological polar surface area (TPSA) is 66.1 Å². The molecule has 2 N–H and O–H groups in total. The van der Waals surface area contributed by atoms with Crippen molar-refractivity contribution in [3.05, 3.63) is 0 Å². The number of hydrogen-bond acceptors (Lipinski definition) is 5. The molecule has 4 saturated carbocycles. The number of likely N-dealkylation sites (N-methyl/N-ethyl adjacent to an activating group) is 1. The normalized spacial score (nSPS) is 51.9. The molecular weight excluding hydrogens is 512 g/mol. The van der Waals surface area contributed by atoms with E-state index >= 15 is 0 Å². The van der Waals surface area contributed by atoms with Gasteiger partial charge in [0.05, 0.1) is 19.4 Å². The Morgan fingerprint density at radius 1 is 0.902 bits per heavy atom. The van der Waals surface area contributed by atoms with Crippen LogP contribution in [0.25, 0.3) is 0 Å². The lowest BCUT2D eigenvalue weighted by atomic mass is 9.44. The molecule has 7 heteroatoms. The fourth-order valence-corrected chi connectivity index (χ4v) is 11.8. The summed E-state index contributed by atoms with van der Waals surface area (Å²) in [4.78, 5) is 17.5. The van der Waals surface area contributed by atoms with Crippen LogP contribution in [0.4, 0.5) is 4.79 Å². The number of amides is 2. The van der Waals surface area contributed by atoms with Crippen molar-refractivity contribution in [2.75, 3.05) is 46.5 Å². The molecule has 0 unspecified atom stereocenters. The maximum atomic E-state index is 12.8. The number of carbonyl (C=O) groups is 1. The highest BCUT2D eigenvalue weighted by atomic mass is 16.7. The minimum Gasteiger partial charge on any atom is -0.349 e. The van der Waals surface area contributed by atoms with E-state index in [1.165, 1.54) is 44.9 Å². The summed E-state index contributed by atoms with van der Waals surface area (Å²) >= 11 is 0. The van der Waals surface area contributed by atoms with Gasteiger partial charge >= 0.3 is 6.03 Å². The third kappa shape index (κ3) is 4.78. The molecule has 3 aliphatic heterocycles. The van der Waals surface area contributed by atoms with Crippen molar-refractivity contribution in [1.29, 1.82) is 0 Å². The monoisotopic (exact) mass is 570 g/mol. The molecule has 12 atom stereocenters. The summed E-state index contributed by atoms with van der Waals surface area (Å²) in [7, 11) is 2.17. The maximum Gasteiger partial charge on any atom is 0.316 e. The molecule has 7 aliphatic rings. The SMILES string of the molecule is C[C@@H]1CC[C@@]2(OC1)O[C@H]1C[C@H]3[C@@H]4CC[C@H]5C[C@H](NC(=O)NCN6CCN(C)CC6)CC[C@]5(C)[C@H]4CC[C@]3(C)[C@H]1[C@@H]2C. The molecule has 41 heavy (non-hydrogen) atoms. The molecule has 0 aromatic heterocycles. The fourth-order valence-electron chi connectivity index (χ4n) is 11.8. The van der Waals surface area contributed by atoms with Crippen LogP contribution < -0.4 is 10.6 Å². The van der Waals surface area contributed by atoms with E-state index in [1.807, 2.05) is 0 Å². The summed E-state index contributed by atoms with van der Waals surface area (Å²) in [6.45, 7) is 15.8. The second-order valence-electron chi connectivity index (χ2n) is 16.4. The van der Waals surface area contributed by atoms with Gasteiger partial charge in [0.1, 0.15) is 0 Å². The van der Waals surface area contributed by atoms with Gasteiger partial charge < -0.3 is 25.0 Å². The molecule has 7 nitrogen and oxygen atoms in total. The Bertz CT molecular complexity index is 977. The quantitative estimate of drug-likeness (QED) is 0.482. The zero-order chi connectivity index (χ0) is 28.6. The van der Waals surface area contributed by atoms with E-state index in [9.17, 15) is 4.79 Å². The molecule has 0 radical (unpaired) electrons. The number of piperazine rings is 1. The molecular formula is C34H58N4O3. The zero-order valence-corrected chi connectivity index (χ0v) is 26.6. The number of carbonyl (C=O) groups excluding carboxylic acids is 1. The molecule has 3 saturated heterocycles. The molecule has 3 heterocycles. The summed E-state index contributed by atoms with van der Waals surface area (Å²) in [5, 5.41) is 6.53. The van der Waals surface area contributed by atoms with Crippen molar-refractivity contribution >= 4 is 6.03 Å². The van der Waals surface area contributed by atoms with E-state index < -0.39 is 0 Å². The predicted molar refractivity (Wildman–Crippen MR) is 161 cm³/mol. The van der Waals surface area contributed by atoms with Crippen LogP contribution in [-0.4, -0.2) is 80.3 Å². The number of nitrogens with one attached hydrogen (secondary N) is 2. The van der Waals surface area contributed by atoms with Crippen LogP contribution in [0.3, 0.4) is 0 Å². The number of fused-ring (bicyclic) bond motifs is 7. The van der Waals surface area contributed by atoms with Crippen molar-refractivity contribution in [3.8, 4) is 0 Å². The molecule has 0 aromatic carbocycles. The second kappa shape index (κ2) is 10.6. The van der Waals surface area contributed by atoms with Crippen LogP contribution in [0.2, 0.25) is 0 Å². The van der Waals surface area contributed by atoms with E-state index in [0.717, 1.165) is 75.7 Å². The Balaban J connectivity index is 0.964. The van der Waals surface area contributed by atoms with Crippen molar-refractivity contribution in [2.24, 2.45) is 52.3 Å². The predicted octanol–water partition coefficient (Wildman–Crippen LogP) is 5.31. The lowest BCUT2D eigenvalue weighted by Gasteiger charge is -2.61. The van der Waals surface area contributed by atoms with Crippen LogP contribution in [0.15, 0.2) is 0 Å². The standard InChI is InChI=1S/C34H58N4O3/c1-22-8-13-34(40-20-22)23(2)30-29(41-34)19-28-26-7-6-24-18-25(9-11-32(24,3)27(26)10-12-33(28,30)4)36-31(39)35-21-38-16-14-37(5)15-17-38/h22-30H,6-21H2,1-5H3,(H2,35,36,39)/t22-,23+,24+,25-,26-,27+,28+,29+,30+,32+,33+,34-/m1/s1. The van der Waals surface area contributed by atoms with Gasteiger partial charge in [-0.05, 0) is 111 Å². The Morgan fingerprint density at radius 2 is 1.68 bits per heavy atom. The van der Waals surface area contributed by atoms with Gasteiger partial charge in [0.2, 0.25) is 0 Å². The van der Waals surface area contributed by atoms with Crippen molar-refractivity contribution in [1.82, 2.24) is 20.4 Å². The Kier molecular flexibility index (Phi) is 7.48. The summed E-state index contributed by atoms with van der Waals surface area (Å²) in [5.41, 5.74) is 0.817. The lowest BCUT2D eigenvalue weighted by Crippen LogP contribution is -2.57. The van der Waals surface area contributed by atoms with E-state index in [2.05, 4.69) is 55.2 Å². The van der Waals surface area contributed by atoms with E-state index in [1.54, 1.807) is 0 Å². The van der Waals surface area contributed by atoms with Gasteiger partial charge in [0.15, 0.2) is 5.79 Å². The lowest BCUT2D eigenvalue weighted by molar-refractivity contribution is -0.273. The molecule has 4 aliphatic carbocycles. The number of rotatable bonds is 3. The van der Waals surface area contributed by atoms with Crippen molar-refractivity contribution in [2.45, 2.75) is 110 Å². The summed E-state index contributed by atoms with van der Waals surface area (Å²) < 4.78 is 13.5. The summed E-state index contributed by atoms with van der Waals surface area (Å²) in [6.07, 6.45) is 13.0. The minimum atomic E-state index is -0.307. The number of ether oxygens (including phenoxy) is 2. The van der Waals surface area contributed by atoms with Gasteiger partial charge in [-0.1, -0.05) is 27.7 Å². The van der Waals surface area contributed by atoms with Crippen LogP contribution in [0.1, 0.15) is 91.9 Å². The van der Waals surface area contributed by atoms with Crippen LogP contribution in [0.5, 0.6) is 0 Å². The highest BCUT2D eigenvalue weighted by Gasteiger charge is 2.69. The van der Waals surface area contributed by atoms with Crippen LogP contribution >= 0.6 is 0 Å². The zero-order valence-electron chi connectivity index (χ0n) is 26.6. The molecule has 232 valence electrons. The number of nitrogens with zero attached hydrogens (tertiary/aromatic N) is 2. The first kappa shape index (κ1) is 28.9. The molecule has 0 aromatic rings. The molecule has 7 rings (SSSR count). The summed E-state index contributed by atoms with van der Waals surface area (Å²) in [6, 6.07) is 0.348. The van der Waals surface area contributed by atoms with Gasteiger partial charge in [-0.25, -0.2) is 4.79 Å². The number of hydrogen-bond donors (Lipinski definition) is 2. The van der Waals surface area contributed by atoms with Crippen LogP contribution in [-0.2, 0) is 9.47 Å². The summed E-state index contributed by atoms with van der Waals surface area (Å²) in [5.74, 6) is 4.72. The Hall–Kier alpha value is -0.890. The van der Waals surface area contributed by atoms with Crippen molar-refractivity contribution < 1.29 is 14.3 Å². The third-order valence-corrected chi connectivity index (χ3v) is 14.3. The van der Waals surface area contributed by atoms with E-state index in [4.69, 9.17) is 9.47 Å². The average Bonchev–Trinajstić information content (AvgIpc) is 3.40. The minimum absolute atomic E-state index is 0.0282. The Morgan fingerprint density at radius 3 is 2.44 bits per heavy atom. The van der Waals surface area contributed by atoms with Gasteiger partial charge in [-0.2, -0.15) is 0 Å². The second-order valence-corrected chi connectivity index (χ2v) is 16.4. The van der Waals surface area contributed by atoms with Gasteiger partial charge in [-0.15, -0.1) is 0 Å². The van der Waals surface area contributed by atoms with E-state index in [-0.39, 0.29) is 11.8 Å². The fraction of sp³-hybridized carbons (Fsp3) is 0.971. The maximum absolute atomic E-state index is 12.8. The molecule has 1 spiro atoms. The van der Waals surface area contributed by atoms with Crippen molar-refractivity contribution in [3.63, 3.8) is 0 Å². The van der Waals surface area contributed by atoms with Crippen LogP contribution in [0, 0.1) is 52.3 Å². The molecule has 0 bridgehead atoms. The first-order chi connectivity index (χ1) is 19.6. The van der Waals surface area contributed by atoms with Gasteiger partial charge in [-0.3, -0.25) is 4.90 Å². The van der Waals surface area contributed by atoms with E-state index in [0.29, 0.717) is 47.4 Å². The largest absolute Gasteiger partial charge is 0.349 e. The first-order valence-corrected chi connectivity index (χ1v) is 17.4. The first-order valence-electron chi connectivity index (χ1n) is 17.4. The molecule has 7 fully saturated rings. The number of urea groups is 1. The smallest absolute Gasteiger partial charge is 0.316 e. The highest BCUT2D eigenvalue weighted by Crippen LogP contribution is 2.71. The third-order valence-electron chi connectivity index (χ3n) is 14.3. The molecule has 2 amide bonds. The van der Waals surface area contributed by atoms with Gasteiger partial charge in [0, 0.05) is 44.6 Å². The highest BCUT2D eigenvalue weighted by molar-refractivity contribution is 5.74. The van der Waals surface area contributed by atoms with Gasteiger partial charge in [0.25, 0.3) is 0 Å². The Labute approximate surface area is 249 Å². The average molecular weight is 571 g/mol.